The van der Waals surface area contributed by atoms with Crippen molar-refractivity contribution in [3.05, 3.63) is 92.1 Å². The number of aromatic nitrogens is 2. The second-order valence-electron chi connectivity index (χ2n) is 8.29. The number of carbonyl (C=O) groups excluding carboxylic acids is 3. The number of carbonyl (C=O) groups is 3. The van der Waals surface area contributed by atoms with E-state index in [0.29, 0.717) is 33.4 Å². The number of nitrogens with zero attached hydrogens (tertiary/aromatic N) is 3. The average Bonchev–Trinajstić information content (AvgIpc) is 3.25. The normalized spacial score (nSPS) is 14.7. The molecule has 0 radical (unpaired) electrons. The lowest BCUT2D eigenvalue weighted by molar-refractivity contribution is -0.122. The minimum absolute atomic E-state index is 0.0908. The second kappa shape index (κ2) is 10.5. The van der Waals surface area contributed by atoms with Gasteiger partial charge in [-0.05, 0) is 55.8 Å². The van der Waals surface area contributed by atoms with Crippen LogP contribution in [-0.2, 0) is 11.3 Å². The van der Waals surface area contributed by atoms with Gasteiger partial charge in [0.05, 0.1) is 22.7 Å². The van der Waals surface area contributed by atoms with Crippen molar-refractivity contribution in [1.82, 2.24) is 20.0 Å². The maximum atomic E-state index is 12.9. The fourth-order valence-corrected chi connectivity index (χ4v) is 4.90. The zero-order valence-corrected chi connectivity index (χ0v) is 21.2. The summed E-state index contributed by atoms with van der Waals surface area (Å²) in [6.07, 6.45) is 1.71. The molecule has 1 saturated heterocycles. The second-order valence-corrected chi connectivity index (χ2v) is 9.70. The molecule has 180 valence electrons. The van der Waals surface area contributed by atoms with Gasteiger partial charge in [-0.15, -0.1) is 0 Å². The first-order valence-electron chi connectivity index (χ1n) is 11.1. The largest absolute Gasteiger partial charge is 0.350 e. The standard InChI is InChI=1S/C26H25ClN4O3S/c1-16-8-10-19(11-9-16)14-22-25(33)30(26(34)35-22)13-12-28-24(32)23-17(2)29-31(18(23)3)15-20-6-4-5-7-21(20)27/h4-11,14H,12-13,15H2,1-3H3,(H,28,32). The van der Waals surface area contributed by atoms with E-state index in [9.17, 15) is 14.4 Å². The van der Waals surface area contributed by atoms with E-state index in [4.69, 9.17) is 11.6 Å². The summed E-state index contributed by atoms with van der Waals surface area (Å²) in [5, 5.41) is 7.61. The number of halogens is 1. The van der Waals surface area contributed by atoms with Crippen molar-refractivity contribution in [1.29, 1.82) is 0 Å². The maximum Gasteiger partial charge on any atom is 0.293 e. The lowest BCUT2D eigenvalue weighted by Crippen LogP contribution is -2.37. The van der Waals surface area contributed by atoms with Crippen LogP contribution in [-0.4, -0.2) is 44.8 Å². The highest BCUT2D eigenvalue weighted by atomic mass is 35.5. The van der Waals surface area contributed by atoms with E-state index < -0.39 is 0 Å². The molecule has 7 nitrogen and oxygen atoms in total. The Morgan fingerprint density at radius 2 is 1.80 bits per heavy atom. The molecule has 35 heavy (non-hydrogen) atoms. The summed E-state index contributed by atoms with van der Waals surface area (Å²) >= 11 is 7.17. The fraction of sp³-hybridized carbons (Fsp3) is 0.231. The van der Waals surface area contributed by atoms with E-state index in [1.807, 2.05) is 62.4 Å². The minimum Gasteiger partial charge on any atom is -0.350 e. The van der Waals surface area contributed by atoms with Gasteiger partial charge in [0.2, 0.25) is 0 Å². The Morgan fingerprint density at radius 1 is 1.09 bits per heavy atom. The van der Waals surface area contributed by atoms with Crippen LogP contribution in [0.2, 0.25) is 5.02 Å². The molecule has 4 rings (SSSR count). The van der Waals surface area contributed by atoms with Crippen LogP contribution in [0.15, 0.2) is 53.4 Å². The molecule has 0 saturated carbocycles. The average molecular weight is 509 g/mol. The highest BCUT2D eigenvalue weighted by Crippen LogP contribution is 2.32. The van der Waals surface area contributed by atoms with Crippen LogP contribution in [0.1, 0.15) is 38.4 Å². The van der Waals surface area contributed by atoms with Gasteiger partial charge in [-0.3, -0.25) is 24.0 Å². The first-order chi connectivity index (χ1) is 16.7. The Morgan fingerprint density at radius 3 is 2.51 bits per heavy atom. The molecular formula is C26H25ClN4O3S. The molecule has 2 aromatic carbocycles. The predicted octanol–water partition coefficient (Wildman–Crippen LogP) is 4.98. The Hall–Kier alpha value is -3.36. The number of benzene rings is 2. The van der Waals surface area contributed by atoms with Crippen LogP contribution >= 0.6 is 23.4 Å². The number of rotatable bonds is 7. The van der Waals surface area contributed by atoms with Crippen LogP contribution in [0.5, 0.6) is 0 Å². The number of nitrogens with one attached hydrogen (secondary N) is 1. The van der Waals surface area contributed by atoms with Crippen molar-refractivity contribution in [2.24, 2.45) is 0 Å². The van der Waals surface area contributed by atoms with E-state index >= 15 is 0 Å². The number of imide groups is 1. The molecule has 1 aliphatic heterocycles. The molecule has 0 aliphatic carbocycles. The zero-order chi connectivity index (χ0) is 25.1. The summed E-state index contributed by atoms with van der Waals surface area (Å²) in [7, 11) is 0. The number of hydrogen-bond acceptors (Lipinski definition) is 5. The lowest BCUT2D eigenvalue weighted by Gasteiger charge is -2.13. The van der Waals surface area contributed by atoms with Crippen molar-refractivity contribution >= 4 is 46.5 Å². The van der Waals surface area contributed by atoms with Crippen LogP contribution in [0.4, 0.5) is 4.79 Å². The monoisotopic (exact) mass is 508 g/mol. The first-order valence-corrected chi connectivity index (χ1v) is 12.3. The van der Waals surface area contributed by atoms with Gasteiger partial charge in [0.25, 0.3) is 17.1 Å². The number of thioether (sulfide) groups is 1. The van der Waals surface area contributed by atoms with Crippen LogP contribution in [0, 0.1) is 20.8 Å². The molecule has 2 heterocycles. The molecule has 0 spiro atoms. The molecule has 0 bridgehead atoms. The molecule has 0 unspecified atom stereocenters. The molecule has 9 heteroatoms. The van der Waals surface area contributed by atoms with Crippen LogP contribution in [0.3, 0.4) is 0 Å². The van der Waals surface area contributed by atoms with Crippen LogP contribution in [0.25, 0.3) is 6.08 Å². The Balaban J connectivity index is 1.38. The molecule has 1 aromatic heterocycles. The summed E-state index contributed by atoms with van der Waals surface area (Å²) < 4.78 is 1.75. The molecule has 3 amide bonds. The van der Waals surface area contributed by atoms with Crippen molar-refractivity contribution in [3.8, 4) is 0 Å². The Bertz CT molecular complexity index is 1330. The van der Waals surface area contributed by atoms with Gasteiger partial charge in [0.15, 0.2) is 0 Å². The summed E-state index contributed by atoms with van der Waals surface area (Å²) in [6, 6.07) is 15.2. The molecule has 0 atom stereocenters. The fourth-order valence-electron chi connectivity index (χ4n) is 3.84. The summed E-state index contributed by atoms with van der Waals surface area (Å²) in [5.41, 5.74) is 4.67. The molecule has 1 N–H and O–H groups in total. The van der Waals surface area contributed by atoms with Gasteiger partial charge in [-0.2, -0.15) is 5.10 Å². The first kappa shape index (κ1) is 24.8. The third-order valence-corrected chi connectivity index (χ3v) is 7.03. The molecule has 1 aliphatic rings. The summed E-state index contributed by atoms with van der Waals surface area (Å²) in [5.74, 6) is -0.651. The summed E-state index contributed by atoms with van der Waals surface area (Å²) in [4.78, 5) is 39.5. The summed E-state index contributed by atoms with van der Waals surface area (Å²) in [6.45, 7) is 6.27. The zero-order valence-electron chi connectivity index (χ0n) is 19.7. The highest BCUT2D eigenvalue weighted by molar-refractivity contribution is 8.18. The van der Waals surface area contributed by atoms with Crippen molar-refractivity contribution in [2.75, 3.05) is 13.1 Å². The van der Waals surface area contributed by atoms with Crippen molar-refractivity contribution in [3.63, 3.8) is 0 Å². The van der Waals surface area contributed by atoms with E-state index in [1.165, 1.54) is 0 Å². The molecule has 3 aromatic rings. The van der Waals surface area contributed by atoms with Gasteiger partial charge < -0.3 is 5.32 Å². The molecular weight excluding hydrogens is 484 g/mol. The number of amides is 3. The Labute approximate surface area is 213 Å². The van der Waals surface area contributed by atoms with Gasteiger partial charge in [0.1, 0.15) is 0 Å². The van der Waals surface area contributed by atoms with Gasteiger partial charge in [-0.25, -0.2) is 0 Å². The third kappa shape index (κ3) is 5.49. The maximum absolute atomic E-state index is 12.9. The van der Waals surface area contributed by atoms with Gasteiger partial charge in [0, 0.05) is 23.8 Å². The predicted molar refractivity (Wildman–Crippen MR) is 138 cm³/mol. The Kier molecular flexibility index (Phi) is 7.42. The van der Waals surface area contributed by atoms with Crippen molar-refractivity contribution in [2.45, 2.75) is 27.3 Å². The SMILES string of the molecule is Cc1ccc(C=C2SC(=O)N(CCNC(=O)c3c(C)nn(Cc4ccccc4Cl)c3C)C2=O)cc1. The van der Waals surface area contributed by atoms with E-state index in [1.54, 1.807) is 17.7 Å². The van der Waals surface area contributed by atoms with E-state index in [-0.39, 0.29) is 30.1 Å². The number of aryl methyl sites for hydroxylation is 2. The van der Waals surface area contributed by atoms with E-state index in [2.05, 4.69) is 10.4 Å². The van der Waals surface area contributed by atoms with Gasteiger partial charge >= 0.3 is 0 Å². The highest BCUT2D eigenvalue weighted by Gasteiger charge is 2.34. The minimum atomic E-state index is -0.352. The quantitative estimate of drug-likeness (QED) is 0.455. The molecule has 1 fully saturated rings. The lowest BCUT2D eigenvalue weighted by atomic mass is 10.1. The smallest absolute Gasteiger partial charge is 0.293 e. The topological polar surface area (TPSA) is 84.3 Å². The van der Waals surface area contributed by atoms with E-state index in [0.717, 1.165) is 33.4 Å². The van der Waals surface area contributed by atoms with Crippen LogP contribution < -0.4 is 5.32 Å². The van der Waals surface area contributed by atoms with Gasteiger partial charge in [-0.1, -0.05) is 59.6 Å². The third-order valence-electron chi connectivity index (χ3n) is 5.76. The number of hydrogen-bond donors (Lipinski definition) is 1. The van der Waals surface area contributed by atoms with Crippen molar-refractivity contribution < 1.29 is 14.4 Å².